The van der Waals surface area contributed by atoms with Gasteiger partial charge in [-0.2, -0.15) is 0 Å². The number of anilines is 1. The highest BCUT2D eigenvalue weighted by atomic mass is 35.5. The lowest BCUT2D eigenvalue weighted by atomic mass is 10.2. The number of likely N-dealkylation sites (N-methyl/N-ethyl adjacent to an activating group) is 1. The van der Waals surface area contributed by atoms with E-state index in [2.05, 4.69) is 7.05 Å². The molecule has 0 unspecified atom stereocenters. The summed E-state index contributed by atoms with van der Waals surface area (Å²) >= 11 is 12.2. The molecule has 1 saturated heterocycles. The van der Waals surface area contributed by atoms with Crippen LogP contribution in [0.5, 0.6) is 0 Å². The molecule has 0 spiro atoms. The highest BCUT2D eigenvalue weighted by molar-refractivity contribution is 6.52. The van der Waals surface area contributed by atoms with E-state index in [0.717, 1.165) is 23.6 Å². The molecule has 0 bridgehead atoms. The van der Waals surface area contributed by atoms with Crippen LogP contribution in [0.1, 0.15) is 5.56 Å². The van der Waals surface area contributed by atoms with Crippen molar-refractivity contribution in [2.45, 2.75) is 6.92 Å². The van der Waals surface area contributed by atoms with Gasteiger partial charge in [0.25, 0.3) is 11.8 Å². The summed E-state index contributed by atoms with van der Waals surface area (Å²) in [6.07, 6.45) is 0. The van der Waals surface area contributed by atoms with E-state index < -0.39 is 5.91 Å². The fraction of sp³-hybridized carbons (Fsp3) is 0.375. The van der Waals surface area contributed by atoms with Gasteiger partial charge in [0.1, 0.15) is 10.7 Å². The largest absolute Gasteiger partial charge is 0.354 e. The van der Waals surface area contributed by atoms with Gasteiger partial charge >= 0.3 is 0 Å². The molecule has 1 aromatic carbocycles. The zero-order chi connectivity index (χ0) is 16.7. The van der Waals surface area contributed by atoms with Gasteiger partial charge in [0, 0.05) is 5.02 Å². The smallest absolute Gasteiger partial charge is 0.283 e. The number of carbonyl (C=O) groups is 2. The van der Waals surface area contributed by atoms with E-state index in [-0.39, 0.29) is 10.9 Å². The van der Waals surface area contributed by atoms with Gasteiger partial charge in [-0.3, -0.25) is 9.59 Å². The Morgan fingerprint density at radius 2 is 1.74 bits per heavy atom. The summed E-state index contributed by atoms with van der Waals surface area (Å²) in [5, 5.41) is 0.565. The number of imide groups is 1. The summed E-state index contributed by atoms with van der Waals surface area (Å²) in [7, 11) is 2.11. The molecule has 5 nitrogen and oxygen atoms in total. The molecule has 7 heteroatoms. The average molecular weight is 355 g/mol. The molecule has 3 rings (SSSR count). The molecule has 1 fully saturated rings. The first kappa shape index (κ1) is 16.3. The predicted octanol–water partition coefficient (Wildman–Crippen LogP) is 0.802. The predicted molar refractivity (Wildman–Crippen MR) is 89.8 cm³/mol. The van der Waals surface area contributed by atoms with Crippen LogP contribution in [-0.4, -0.2) is 49.9 Å². The number of aryl methyl sites for hydroxylation is 1. The van der Waals surface area contributed by atoms with Gasteiger partial charge in [-0.05, 0) is 30.7 Å². The van der Waals surface area contributed by atoms with Crippen molar-refractivity contribution in [3.8, 4) is 0 Å². The van der Waals surface area contributed by atoms with Crippen LogP contribution in [0.2, 0.25) is 5.02 Å². The summed E-state index contributed by atoms with van der Waals surface area (Å²) in [5.41, 5.74) is 1.60. The van der Waals surface area contributed by atoms with Gasteiger partial charge in [-0.25, -0.2) is 4.90 Å². The maximum atomic E-state index is 12.8. The van der Waals surface area contributed by atoms with Crippen molar-refractivity contribution in [1.82, 2.24) is 4.90 Å². The quantitative estimate of drug-likeness (QED) is 0.799. The number of nitrogens with zero attached hydrogens (tertiary/aromatic N) is 2. The second-order valence-corrected chi connectivity index (χ2v) is 6.80. The SMILES string of the molecule is Cc1cc(Cl)ccc1N1C(=O)C(Cl)=C(N2CC[NH+](C)CC2)C1=O. The van der Waals surface area contributed by atoms with Crippen molar-refractivity contribution >= 4 is 40.7 Å². The maximum Gasteiger partial charge on any atom is 0.283 e. The Labute approximate surface area is 145 Å². The zero-order valence-electron chi connectivity index (χ0n) is 13.0. The lowest BCUT2D eigenvalue weighted by Gasteiger charge is -2.32. The molecule has 23 heavy (non-hydrogen) atoms. The number of amides is 2. The highest BCUT2D eigenvalue weighted by Crippen LogP contribution is 2.33. The van der Waals surface area contributed by atoms with Gasteiger partial charge in [0.15, 0.2) is 0 Å². The zero-order valence-corrected chi connectivity index (χ0v) is 14.5. The molecular formula is C16H18Cl2N3O2+. The molecule has 1 N–H and O–H groups in total. The summed E-state index contributed by atoms with van der Waals surface area (Å²) in [5.74, 6) is -0.826. The van der Waals surface area contributed by atoms with E-state index in [9.17, 15) is 9.59 Å². The molecule has 0 saturated carbocycles. The number of halogens is 2. The average Bonchev–Trinajstić information content (AvgIpc) is 2.72. The summed E-state index contributed by atoms with van der Waals surface area (Å²) in [6.45, 7) is 5.06. The van der Waals surface area contributed by atoms with Crippen molar-refractivity contribution in [3.63, 3.8) is 0 Å². The minimum atomic E-state index is -0.469. The molecular weight excluding hydrogens is 337 g/mol. The Balaban J connectivity index is 1.93. The minimum absolute atomic E-state index is 0.00361. The van der Waals surface area contributed by atoms with Crippen LogP contribution >= 0.6 is 23.2 Å². The summed E-state index contributed by atoms with van der Waals surface area (Å²) < 4.78 is 0. The third-order valence-electron chi connectivity index (χ3n) is 4.34. The van der Waals surface area contributed by atoms with Crippen LogP contribution in [0.25, 0.3) is 0 Å². The number of quaternary nitrogens is 1. The number of hydrogen-bond donors (Lipinski definition) is 1. The Morgan fingerprint density at radius 1 is 1.09 bits per heavy atom. The lowest BCUT2D eigenvalue weighted by molar-refractivity contribution is -0.883. The Morgan fingerprint density at radius 3 is 2.35 bits per heavy atom. The molecule has 0 aromatic heterocycles. The van der Waals surface area contributed by atoms with Crippen molar-refractivity contribution in [2.75, 3.05) is 38.1 Å². The van der Waals surface area contributed by atoms with Crippen LogP contribution in [-0.2, 0) is 9.59 Å². The molecule has 2 amide bonds. The maximum absolute atomic E-state index is 12.8. The second kappa shape index (κ2) is 6.15. The molecule has 1 aromatic rings. The molecule has 122 valence electrons. The van der Waals surface area contributed by atoms with Crippen molar-refractivity contribution in [2.24, 2.45) is 0 Å². The van der Waals surface area contributed by atoms with E-state index >= 15 is 0 Å². The van der Waals surface area contributed by atoms with Gasteiger partial charge in [0.2, 0.25) is 0 Å². The van der Waals surface area contributed by atoms with E-state index in [4.69, 9.17) is 23.2 Å². The molecule has 2 aliphatic rings. The Bertz CT molecular complexity index is 709. The number of hydrogen-bond acceptors (Lipinski definition) is 3. The minimum Gasteiger partial charge on any atom is -0.354 e. The van der Waals surface area contributed by atoms with Crippen molar-refractivity contribution in [1.29, 1.82) is 0 Å². The summed E-state index contributed by atoms with van der Waals surface area (Å²) in [6, 6.07) is 5.06. The van der Waals surface area contributed by atoms with Crippen molar-refractivity contribution in [3.05, 3.63) is 39.5 Å². The first-order valence-electron chi connectivity index (χ1n) is 7.51. The fourth-order valence-electron chi connectivity index (χ4n) is 2.97. The molecule has 0 aliphatic carbocycles. The normalized spacial score (nSPS) is 20.0. The highest BCUT2D eigenvalue weighted by Gasteiger charge is 2.42. The van der Waals surface area contributed by atoms with Crippen LogP contribution in [0.3, 0.4) is 0 Å². The summed E-state index contributed by atoms with van der Waals surface area (Å²) in [4.78, 5) is 29.8. The van der Waals surface area contributed by atoms with Crippen molar-refractivity contribution < 1.29 is 14.5 Å². The molecule has 0 radical (unpaired) electrons. The number of benzene rings is 1. The molecule has 0 atom stereocenters. The second-order valence-electron chi connectivity index (χ2n) is 5.98. The number of piperazine rings is 1. The third-order valence-corrected chi connectivity index (χ3v) is 4.91. The number of nitrogens with one attached hydrogen (secondary N) is 1. The number of rotatable bonds is 2. The van der Waals surface area contributed by atoms with Crippen LogP contribution in [0.15, 0.2) is 28.9 Å². The first-order valence-corrected chi connectivity index (χ1v) is 8.26. The van der Waals surface area contributed by atoms with E-state index in [1.807, 2.05) is 11.8 Å². The van der Waals surface area contributed by atoms with Crippen LogP contribution in [0, 0.1) is 6.92 Å². The fourth-order valence-corrected chi connectivity index (χ4v) is 3.48. The van der Waals surface area contributed by atoms with Crippen LogP contribution in [0.4, 0.5) is 5.69 Å². The Hall–Kier alpha value is -1.56. The standard InChI is InChI=1S/C16H17Cl2N3O2/c1-10-9-11(17)3-4-12(10)21-15(22)13(18)14(16(21)23)20-7-5-19(2)6-8-20/h3-4,9H,5-8H2,1-2H3/p+1. The molecule has 2 aliphatic heterocycles. The van der Waals surface area contributed by atoms with Crippen LogP contribution < -0.4 is 9.80 Å². The van der Waals surface area contributed by atoms with Gasteiger partial charge in [-0.15, -0.1) is 0 Å². The van der Waals surface area contributed by atoms with Gasteiger partial charge in [-0.1, -0.05) is 23.2 Å². The lowest BCUT2D eigenvalue weighted by Crippen LogP contribution is -3.11. The van der Waals surface area contributed by atoms with Gasteiger partial charge < -0.3 is 9.80 Å². The van der Waals surface area contributed by atoms with E-state index in [0.29, 0.717) is 29.5 Å². The Kier molecular flexibility index (Phi) is 4.36. The van der Waals surface area contributed by atoms with Gasteiger partial charge in [0.05, 0.1) is 38.9 Å². The first-order chi connectivity index (χ1) is 10.9. The van der Waals surface area contributed by atoms with E-state index in [1.54, 1.807) is 18.2 Å². The topological polar surface area (TPSA) is 45.1 Å². The van der Waals surface area contributed by atoms with E-state index in [1.165, 1.54) is 4.90 Å². The molecule has 2 heterocycles. The number of carbonyl (C=O) groups excluding carboxylic acids is 2. The monoisotopic (exact) mass is 354 g/mol. The third kappa shape index (κ3) is 2.84.